The largest absolute Gasteiger partial charge is 0.293 e. The number of hydrogen-bond acceptors (Lipinski definition) is 2. The Morgan fingerprint density at radius 2 is 2.25 bits per heavy atom. The summed E-state index contributed by atoms with van der Waals surface area (Å²) in [5.74, 6) is 0.611. The standard InChI is InChI=1S/C9H11ClOS/c1-6(2)5-7(11)8-3-4-9(10)12-8/h3-4,6H,5H2,1-2H3. The van der Waals surface area contributed by atoms with Crippen molar-refractivity contribution in [3.63, 3.8) is 0 Å². The van der Waals surface area contributed by atoms with Crippen LogP contribution in [-0.4, -0.2) is 5.78 Å². The molecular weight excluding hydrogens is 192 g/mol. The summed E-state index contributed by atoms with van der Waals surface area (Å²) in [6.07, 6.45) is 0.608. The molecule has 0 radical (unpaired) electrons. The maximum atomic E-state index is 11.4. The van der Waals surface area contributed by atoms with E-state index in [1.807, 2.05) is 13.8 Å². The number of hydrogen-bond donors (Lipinski definition) is 0. The van der Waals surface area contributed by atoms with Crippen LogP contribution in [0.4, 0.5) is 0 Å². The summed E-state index contributed by atoms with van der Waals surface area (Å²) < 4.78 is 0.683. The molecule has 66 valence electrons. The third-order valence-electron chi connectivity index (χ3n) is 1.44. The lowest BCUT2D eigenvalue weighted by Gasteiger charge is -1.99. The Morgan fingerprint density at radius 1 is 1.58 bits per heavy atom. The van der Waals surface area contributed by atoms with Gasteiger partial charge in [-0.15, -0.1) is 11.3 Å². The molecule has 0 aliphatic rings. The van der Waals surface area contributed by atoms with E-state index in [0.717, 1.165) is 4.88 Å². The Morgan fingerprint density at radius 3 is 2.67 bits per heavy atom. The second-order valence-corrected chi connectivity index (χ2v) is 4.84. The number of ketones is 1. The number of thiophene rings is 1. The maximum absolute atomic E-state index is 11.4. The Kier molecular flexibility index (Phi) is 3.29. The minimum atomic E-state index is 0.196. The van der Waals surface area contributed by atoms with E-state index in [1.54, 1.807) is 12.1 Å². The minimum absolute atomic E-state index is 0.196. The molecule has 0 spiro atoms. The number of carbonyl (C=O) groups is 1. The molecule has 1 aromatic heterocycles. The molecule has 1 rings (SSSR count). The van der Waals surface area contributed by atoms with Crippen LogP contribution in [0.25, 0.3) is 0 Å². The molecule has 0 bridgehead atoms. The van der Waals surface area contributed by atoms with Crippen LogP contribution in [0, 0.1) is 5.92 Å². The quantitative estimate of drug-likeness (QED) is 0.685. The lowest BCUT2D eigenvalue weighted by Crippen LogP contribution is -2.00. The van der Waals surface area contributed by atoms with E-state index in [4.69, 9.17) is 11.6 Å². The summed E-state index contributed by atoms with van der Waals surface area (Å²) in [4.78, 5) is 12.2. The number of rotatable bonds is 3. The van der Waals surface area contributed by atoms with Crippen LogP contribution in [0.2, 0.25) is 4.34 Å². The summed E-state index contributed by atoms with van der Waals surface area (Å²) in [6, 6.07) is 3.55. The molecule has 0 saturated carbocycles. The van der Waals surface area contributed by atoms with Gasteiger partial charge in [-0.1, -0.05) is 25.4 Å². The van der Waals surface area contributed by atoms with Gasteiger partial charge in [0.25, 0.3) is 0 Å². The van der Waals surface area contributed by atoms with Crippen molar-refractivity contribution >= 4 is 28.7 Å². The Hall–Kier alpha value is -0.340. The molecule has 0 saturated heterocycles. The molecule has 0 N–H and O–H groups in total. The maximum Gasteiger partial charge on any atom is 0.173 e. The summed E-state index contributed by atoms with van der Waals surface area (Å²) in [6.45, 7) is 4.07. The summed E-state index contributed by atoms with van der Waals surface area (Å²) in [5, 5.41) is 0. The van der Waals surface area contributed by atoms with Crippen molar-refractivity contribution in [3.05, 3.63) is 21.3 Å². The van der Waals surface area contributed by atoms with Gasteiger partial charge in [-0.2, -0.15) is 0 Å². The van der Waals surface area contributed by atoms with Crippen LogP contribution in [0.15, 0.2) is 12.1 Å². The summed E-state index contributed by atoms with van der Waals surface area (Å²) >= 11 is 7.06. The van der Waals surface area contributed by atoms with E-state index in [9.17, 15) is 4.79 Å². The van der Waals surface area contributed by atoms with Crippen LogP contribution in [0.1, 0.15) is 29.9 Å². The van der Waals surface area contributed by atoms with E-state index >= 15 is 0 Å². The van der Waals surface area contributed by atoms with Crippen molar-refractivity contribution < 1.29 is 4.79 Å². The van der Waals surface area contributed by atoms with Crippen molar-refractivity contribution in [2.45, 2.75) is 20.3 Å². The highest BCUT2D eigenvalue weighted by atomic mass is 35.5. The summed E-state index contributed by atoms with van der Waals surface area (Å²) in [7, 11) is 0. The number of Topliss-reactive ketones (excluding diaryl/α,β-unsaturated/α-hetero) is 1. The van der Waals surface area contributed by atoms with Gasteiger partial charge in [-0.3, -0.25) is 4.79 Å². The highest BCUT2D eigenvalue weighted by molar-refractivity contribution is 7.18. The molecule has 0 unspecified atom stereocenters. The Bertz CT molecular complexity index is 278. The van der Waals surface area contributed by atoms with Gasteiger partial charge in [0.05, 0.1) is 9.21 Å². The monoisotopic (exact) mass is 202 g/mol. The lowest BCUT2D eigenvalue weighted by atomic mass is 10.1. The van der Waals surface area contributed by atoms with Crippen molar-refractivity contribution in [1.82, 2.24) is 0 Å². The molecular formula is C9H11ClOS. The SMILES string of the molecule is CC(C)CC(=O)c1ccc(Cl)s1. The van der Waals surface area contributed by atoms with E-state index in [1.165, 1.54) is 11.3 Å². The van der Waals surface area contributed by atoms with Gasteiger partial charge in [-0.25, -0.2) is 0 Å². The second kappa shape index (κ2) is 4.06. The highest BCUT2D eigenvalue weighted by Gasteiger charge is 2.09. The van der Waals surface area contributed by atoms with E-state index in [2.05, 4.69) is 0 Å². The van der Waals surface area contributed by atoms with Gasteiger partial charge in [0.15, 0.2) is 5.78 Å². The average Bonchev–Trinajstić information content (AvgIpc) is 2.34. The normalized spacial score (nSPS) is 10.7. The fourth-order valence-corrected chi connectivity index (χ4v) is 1.93. The predicted octanol–water partition coefficient (Wildman–Crippen LogP) is 3.63. The molecule has 0 aromatic carbocycles. The third kappa shape index (κ3) is 2.61. The zero-order valence-corrected chi connectivity index (χ0v) is 8.71. The fourth-order valence-electron chi connectivity index (χ4n) is 0.936. The van der Waals surface area contributed by atoms with Crippen LogP contribution < -0.4 is 0 Å². The number of carbonyl (C=O) groups excluding carboxylic acids is 1. The summed E-state index contributed by atoms with van der Waals surface area (Å²) in [5.41, 5.74) is 0. The molecule has 3 heteroatoms. The van der Waals surface area contributed by atoms with E-state index in [-0.39, 0.29) is 5.78 Å². The molecule has 0 fully saturated rings. The average molecular weight is 203 g/mol. The van der Waals surface area contributed by atoms with Gasteiger partial charge in [-0.05, 0) is 18.1 Å². The van der Waals surface area contributed by atoms with Crippen LogP contribution in [0.3, 0.4) is 0 Å². The second-order valence-electron chi connectivity index (χ2n) is 3.12. The van der Waals surface area contributed by atoms with Gasteiger partial charge < -0.3 is 0 Å². The molecule has 0 amide bonds. The van der Waals surface area contributed by atoms with Gasteiger partial charge in [0, 0.05) is 6.42 Å². The first-order chi connectivity index (χ1) is 5.59. The molecule has 12 heavy (non-hydrogen) atoms. The van der Waals surface area contributed by atoms with E-state index in [0.29, 0.717) is 16.7 Å². The predicted molar refractivity (Wildman–Crippen MR) is 53.1 cm³/mol. The van der Waals surface area contributed by atoms with Crippen molar-refractivity contribution in [1.29, 1.82) is 0 Å². The lowest BCUT2D eigenvalue weighted by molar-refractivity contribution is 0.0972. The zero-order chi connectivity index (χ0) is 9.14. The van der Waals surface area contributed by atoms with Crippen LogP contribution in [0.5, 0.6) is 0 Å². The van der Waals surface area contributed by atoms with E-state index < -0.39 is 0 Å². The zero-order valence-electron chi connectivity index (χ0n) is 7.13. The molecule has 1 nitrogen and oxygen atoms in total. The van der Waals surface area contributed by atoms with Crippen LogP contribution in [-0.2, 0) is 0 Å². The smallest absolute Gasteiger partial charge is 0.173 e. The first kappa shape index (κ1) is 9.75. The Balaban J connectivity index is 2.65. The van der Waals surface area contributed by atoms with Crippen LogP contribution >= 0.6 is 22.9 Å². The topological polar surface area (TPSA) is 17.1 Å². The Labute approximate surface area is 81.4 Å². The van der Waals surface area contributed by atoms with Gasteiger partial charge in [0.2, 0.25) is 0 Å². The minimum Gasteiger partial charge on any atom is -0.293 e. The molecule has 1 heterocycles. The van der Waals surface area contributed by atoms with Gasteiger partial charge >= 0.3 is 0 Å². The fraction of sp³-hybridized carbons (Fsp3) is 0.444. The number of halogens is 1. The molecule has 1 aromatic rings. The highest BCUT2D eigenvalue weighted by Crippen LogP contribution is 2.23. The first-order valence-corrected chi connectivity index (χ1v) is 5.07. The van der Waals surface area contributed by atoms with Crippen molar-refractivity contribution in [2.75, 3.05) is 0 Å². The van der Waals surface area contributed by atoms with Crippen molar-refractivity contribution in [2.24, 2.45) is 5.92 Å². The first-order valence-electron chi connectivity index (χ1n) is 3.88. The van der Waals surface area contributed by atoms with Crippen molar-refractivity contribution in [3.8, 4) is 0 Å². The molecule has 0 aliphatic heterocycles. The van der Waals surface area contributed by atoms with Gasteiger partial charge in [0.1, 0.15) is 0 Å². The molecule has 0 aliphatic carbocycles. The third-order valence-corrected chi connectivity index (χ3v) is 2.71. The molecule has 0 atom stereocenters.